The highest BCUT2D eigenvalue weighted by Crippen LogP contribution is 2.40. The summed E-state index contributed by atoms with van der Waals surface area (Å²) in [6.45, 7) is 0. The summed E-state index contributed by atoms with van der Waals surface area (Å²) >= 11 is 17.9. The molecule has 0 atom stereocenters. The normalized spacial score (nSPS) is 17.3. The van der Waals surface area contributed by atoms with Gasteiger partial charge in [0.25, 0.3) is 0 Å². The molecular formula is C13H13Cl3O2. The van der Waals surface area contributed by atoms with Crippen molar-refractivity contribution < 1.29 is 9.53 Å². The van der Waals surface area contributed by atoms with Crippen molar-refractivity contribution in [3.8, 4) is 0 Å². The van der Waals surface area contributed by atoms with E-state index in [2.05, 4.69) is 0 Å². The topological polar surface area (TPSA) is 26.3 Å². The van der Waals surface area contributed by atoms with Crippen molar-refractivity contribution in [3.05, 3.63) is 32.8 Å². The fourth-order valence-corrected chi connectivity index (χ4v) is 3.24. The quantitative estimate of drug-likeness (QED) is 0.748. The van der Waals surface area contributed by atoms with Crippen molar-refractivity contribution >= 4 is 40.6 Å². The largest absolute Gasteiger partial charge is 0.378 e. The highest BCUT2D eigenvalue weighted by molar-refractivity contribution is 6.42. The van der Waals surface area contributed by atoms with Crippen LogP contribution in [0.3, 0.4) is 0 Å². The number of methoxy groups -OCH3 is 1. The molecule has 5 heteroatoms. The van der Waals surface area contributed by atoms with Crippen LogP contribution in [-0.4, -0.2) is 18.5 Å². The summed E-state index contributed by atoms with van der Waals surface area (Å²) in [5.74, 6) is -0.0942. The third kappa shape index (κ3) is 2.67. The molecule has 2 nitrogen and oxygen atoms in total. The highest BCUT2D eigenvalue weighted by atomic mass is 35.5. The van der Waals surface area contributed by atoms with E-state index in [1.165, 1.54) is 12.1 Å². The molecule has 1 aliphatic carbocycles. The number of benzene rings is 1. The molecule has 1 aliphatic rings. The number of hydrogen-bond donors (Lipinski definition) is 0. The van der Waals surface area contributed by atoms with Gasteiger partial charge in [-0.15, -0.1) is 0 Å². The van der Waals surface area contributed by atoms with Crippen LogP contribution in [0.4, 0.5) is 0 Å². The molecule has 0 saturated heterocycles. The maximum absolute atomic E-state index is 12.3. The summed E-state index contributed by atoms with van der Waals surface area (Å²) in [7, 11) is 1.64. The van der Waals surface area contributed by atoms with Gasteiger partial charge in [-0.25, -0.2) is 0 Å². The van der Waals surface area contributed by atoms with Gasteiger partial charge in [0.05, 0.1) is 21.2 Å². The van der Waals surface area contributed by atoms with Gasteiger partial charge >= 0.3 is 0 Å². The summed E-state index contributed by atoms with van der Waals surface area (Å²) in [6.07, 6.45) is 3.20. The average Bonchev–Trinajstić information content (AvgIpc) is 2.21. The van der Waals surface area contributed by atoms with Gasteiger partial charge in [-0.1, -0.05) is 34.8 Å². The van der Waals surface area contributed by atoms with Crippen molar-refractivity contribution in [1.29, 1.82) is 0 Å². The van der Waals surface area contributed by atoms with Gasteiger partial charge in [0, 0.05) is 18.6 Å². The highest BCUT2D eigenvalue weighted by Gasteiger charge is 2.39. The number of Topliss-reactive ketones (excluding diaryl/α,β-unsaturated/α-hetero) is 1. The zero-order valence-electron chi connectivity index (χ0n) is 9.93. The fraction of sp³-hybridized carbons (Fsp3) is 0.462. The summed E-state index contributed by atoms with van der Waals surface area (Å²) in [5, 5.41) is 1.01. The Bertz CT molecular complexity index is 453. The molecule has 0 bridgehead atoms. The number of ether oxygens (including phenoxy) is 1. The molecule has 0 aliphatic heterocycles. The number of halogens is 3. The van der Waals surface area contributed by atoms with E-state index in [-0.39, 0.29) is 11.4 Å². The second kappa shape index (κ2) is 5.38. The van der Waals surface area contributed by atoms with Crippen LogP contribution in [0.15, 0.2) is 12.1 Å². The van der Waals surface area contributed by atoms with E-state index in [0.717, 1.165) is 19.3 Å². The van der Waals surface area contributed by atoms with Gasteiger partial charge in [-0.05, 0) is 31.4 Å². The molecule has 18 heavy (non-hydrogen) atoms. The Balaban J connectivity index is 2.24. The summed E-state index contributed by atoms with van der Waals surface area (Å²) < 4.78 is 5.44. The Morgan fingerprint density at radius 1 is 1.28 bits per heavy atom. The molecule has 0 amide bonds. The van der Waals surface area contributed by atoms with E-state index in [1.807, 2.05) is 0 Å². The zero-order chi connectivity index (χ0) is 13.3. The minimum atomic E-state index is -0.330. The first-order valence-corrected chi connectivity index (χ1v) is 6.84. The lowest BCUT2D eigenvalue weighted by Crippen LogP contribution is -2.41. The van der Waals surface area contributed by atoms with Gasteiger partial charge in [0.2, 0.25) is 0 Å². The minimum absolute atomic E-state index is 0.0942. The van der Waals surface area contributed by atoms with Crippen LogP contribution in [0.1, 0.15) is 36.0 Å². The van der Waals surface area contributed by atoms with E-state index >= 15 is 0 Å². The standard InChI is InChI=1S/C13H13Cl3O2/c1-18-13(3-2-4-13)7-11(17)12-9(15)5-8(14)6-10(12)16/h5-6H,2-4,7H2,1H3. The molecular weight excluding hydrogens is 295 g/mol. The molecule has 1 saturated carbocycles. The molecule has 1 aromatic rings. The van der Waals surface area contributed by atoms with Crippen molar-refractivity contribution in [2.45, 2.75) is 31.3 Å². The molecule has 2 rings (SSSR count). The predicted molar refractivity (Wildman–Crippen MR) is 74.0 cm³/mol. The zero-order valence-corrected chi connectivity index (χ0v) is 12.2. The Morgan fingerprint density at radius 2 is 1.83 bits per heavy atom. The van der Waals surface area contributed by atoms with Crippen molar-refractivity contribution in [2.24, 2.45) is 0 Å². The Hall–Kier alpha value is -0.280. The number of rotatable bonds is 4. The van der Waals surface area contributed by atoms with Crippen LogP contribution < -0.4 is 0 Å². The molecule has 1 aromatic carbocycles. The monoisotopic (exact) mass is 306 g/mol. The number of hydrogen-bond acceptors (Lipinski definition) is 2. The van der Waals surface area contributed by atoms with E-state index in [9.17, 15) is 4.79 Å². The third-order valence-electron chi connectivity index (χ3n) is 3.47. The lowest BCUT2D eigenvalue weighted by atomic mass is 9.76. The van der Waals surface area contributed by atoms with Gasteiger partial charge in [0.1, 0.15) is 0 Å². The third-order valence-corrected chi connectivity index (χ3v) is 4.28. The molecule has 98 valence electrons. The summed E-state index contributed by atoms with van der Waals surface area (Å²) in [6, 6.07) is 3.06. The maximum atomic E-state index is 12.3. The minimum Gasteiger partial charge on any atom is -0.378 e. The Morgan fingerprint density at radius 3 is 2.22 bits per heavy atom. The van der Waals surface area contributed by atoms with Crippen LogP contribution in [-0.2, 0) is 4.74 Å². The second-order valence-corrected chi connectivity index (χ2v) is 5.84. The SMILES string of the molecule is COC1(CC(=O)c2c(Cl)cc(Cl)cc2Cl)CCC1. The van der Waals surface area contributed by atoms with Gasteiger partial charge in [0.15, 0.2) is 5.78 Å². The molecule has 0 spiro atoms. The lowest BCUT2D eigenvalue weighted by molar-refractivity contribution is -0.0704. The van der Waals surface area contributed by atoms with Gasteiger partial charge in [-0.2, -0.15) is 0 Å². The van der Waals surface area contributed by atoms with E-state index in [1.54, 1.807) is 7.11 Å². The first-order chi connectivity index (χ1) is 8.47. The van der Waals surface area contributed by atoms with Crippen LogP contribution in [0.5, 0.6) is 0 Å². The summed E-state index contributed by atoms with van der Waals surface area (Å²) in [4.78, 5) is 12.3. The van der Waals surface area contributed by atoms with Crippen LogP contribution in [0.25, 0.3) is 0 Å². The van der Waals surface area contributed by atoms with E-state index in [0.29, 0.717) is 27.1 Å². The van der Waals surface area contributed by atoms with Crippen molar-refractivity contribution in [1.82, 2.24) is 0 Å². The van der Waals surface area contributed by atoms with Crippen molar-refractivity contribution in [3.63, 3.8) is 0 Å². The first-order valence-electron chi connectivity index (χ1n) is 5.70. The van der Waals surface area contributed by atoms with E-state index < -0.39 is 0 Å². The fourth-order valence-electron chi connectivity index (χ4n) is 2.21. The van der Waals surface area contributed by atoms with Gasteiger partial charge < -0.3 is 4.74 Å². The summed E-state index contributed by atoms with van der Waals surface area (Å²) in [5.41, 5.74) is 0.00896. The van der Waals surface area contributed by atoms with Crippen molar-refractivity contribution in [2.75, 3.05) is 7.11 Å². The smallest absolute Gasteiger partial charge is 0.168 e. The van der Waals surface area contributed by atoms with Crippen LogP contribution >= 0.6 is 34.8 Å². The average molecular weight is 308 g/mol. The first kappa shape index (κ1) is 14.1. The molecule has 1 fully saturated rings. The maximum Gasteiger partial charge on any atom is 0.168 e. The predicted octanol–water partition coefficient (Wildman–Crippen LogP) is 4.79. The number of carbonyl (C=O) groups is 1. The molecule has 0 aromatic heterocycles. The molecule has 0 N–H and O–H groups in total. The molecule has 0 radical (unpaired) electrons. The molecule has 0 unspecified atom stereocenters. The number of carbonyl (C=O) groups excluding carboxylic acids is 1. The van der Waals surface area contributed by atoms with E-state index in [4.69, 9.17) is 39.5 Å². The lowest BCUT2D eigenvalue weighted by Gasteiger charge is -2.40. The van der Waals surface area contributed by atoms with Crippen LogP contribution in [0.2, 0.25) is 15.1 Å². The Labute approximate surface area is 121 Å². The second-order valence-electron chi connectivity index (χ2n) is 4.59. The van der Waals surface area contributed by atoms with Gasteiger partial charge in [-0.3, -0.25) is 4.79 Å². The van der Waals surface area contributed by atoms with Crippen LogP contribution in [0, 0.1) is 0 Å². The Kier molecular flexibility index (Phi) is 4.22. The number of ketones is 1. The molecule has 0 heterocycles.